The van der Waals surface area contributed by atoms with E-state index >= 15 is 0 Å². The van der Waals surface area contributed by atoms with E-state index < -0.39 is 0 Å². The van der Waals surface area contributed by atoms with Gasteiger partial charge in [-0.1, -0.05) is 12.8 Å². The van der Waals surface area contributed by atoms with Crippen molar-refractivity contribution in [2.24, 2.45) is 23.5 Å². The van der Waals surface area contributed by atoms with Crippen LogP contribution < -0.4 is 11.1 Å². The molecular formula is C12H23ClN2O. The molecule has 4 heteroatoms. The van der Waals surface area contributed by atoms with Crippen molar-refractivity contribution in [3.63, 3.8) is 0 Å². The zero-order chi connectivity index (χ0) is 10.7. The molecule has 0 bridgehead atoms. The number of rotatable bonds is 4. The van der Waals surface area contributed by atoms with Gasteiger partial charge < -0.3 is 11.1 Å². The monoisotopic (exact) mass is 246 g/mol. The maximum absolute atomic E-state index is 11.9. The first kappa shape index (κ1) is 13.8. The quantitative estimate of drug-likeness (QED) is 0.793. The molecule has 0 radical (unpaired) electrons. The van der Waals surface area contributed by atoms with Crippen LogP contribution in [0, 0.1) is 17.8 Å². The van der Waals surface area contributed by atoms with Crippen molar-refractivity contribution >= 4 is 18.3 Å². The molecule has 2 fully saturated rings. The number of carbonyl (C=O) groups is 1. The van der Waals surface area contributed by atoms with Crippen LogP contribution in [0.25, 0.3) is 0 Å². The molecule has 16 heavy (non-hydrogen) atoms. The van der Waals surface area contributed by atoms with E-state index in [1.165, 1.54) is 25.7 Å². The molecule has 1 amide bonds. The minimum atomic E-state index is 0. The average molecular weight is 247 g/mol. The molecule has 0 spiro atoms. The maximum Gasteiger partial charge on any atom is 0.223 e. The summed E-state index contributed by atoms with van der Waals surface area (Å²) in [4.78, 5) is 11.9. The highest BCUT2D eigenvalue weighted by Gasteiger charge is 2.32. The summed E-state index contributed by atoms with van der Waals surface area (Å²) in [5.74, 6) is 1.66. The molecule has 2 aliphatic rings. The minimum absolute atomic E-state index is 0. The van der Waals surface area contributed by atoms with Crippen LogP contribution >= 0.6 is 12.4 Å². The summed E-state index contributed by atoms with van der Waals surface area (Å²) in [5.41, 5.74) is 5.68. The normalized spacial score (nSPS) is 29.3. The summed E-state index contributed by atoms with van der Waals surface area (Å²) >= 11 is 0. The van der Waals surface area contributed by atoms with Gasteiger partial charge in [-0.25, -0.2) is 0 Å². The van der Waals surface area contributed by atoms with E-state index in [0.717, 1.165) is 25.3 Å². The third-order valence-electron chi connectivity index (χ3n) is 4.09. The Kier molecular flexibility index (Phi) is 5.56. The molecule has 0 aromatic heterocycles. The smallest absolute Gasteiger partial charge is 0.223 e. The predicted molar refractivity (Wildman–Crippen MR) is 67.5 cm³/mol. The second kappa shape index (κ2) is 6.45. The number of amides is 1. The van der Waals surface area contributed by atoms with E-state index in [9.17, 15) is 4.79 Å². The van der Waals surface area contributed by atoms with Crippen molar-refractivity contribution in [1.29, 1.82) is 0 Å². The average Bonchev–Trinajstić information content (AvgIpc) is 2.62. The highest BCUT2D eigenvalue weighted by molar-refractivity contribution is 5.85. The van der Waals surface area contributed by atoms with Gasteiger partial charge in [-0.3, -0.25) is 4.79 Å². The van der Waals surface area contributed by atoms with E-state index in [2.05, 4.69) is 5.32 Å². The zero-order valence-corrected chi connectivity index (χ0v) is 10.6. The Morgan fingerprint density at radius 2 is 1.88 bits per heavy atom. The Bertz CT molecular complexity index is 231. The van der Waals surface area contributed by atoms with Gasteiger partial charge in [0.25, 0.3) is 0 Å². The predicted octanol–water partition coefficient (Wildman–Crippen LogP) is 1.70. The SMILES string of the molecule is Cl.NC[C@H]1CCC[C@H]1C(=O)NCC1CCC1. The molecule has 94 valence electrons. The Hall–Kier alpha value is -0.280. The summed E-state index contributed by atoms with van der Waals surface area (Å²) in [6, 6.07) is 0. The Balaban J connectivity index is 0.00000128. The van der Waals surface area contributed by atoms with Crippen LogP contribution in [0.1, 0.15) is 38.5 Å². The molecular weight excluding hydrogens is 224 g/mol. The lowest BCUT2D eigenvalue weighted by atomic mass is 9.85. The molecule has 0 heterocycles. The zero-order valence-electron chi connectivity index (χ0n) is 9.78. The lowest BCUT2D eigenvalue weighted by Gasteiger charge is -2.26. The largest absolute Gasteiger partial charge is 0.356 e. The lowest BCUT2D eigenvalue weighted by Crippen LogP contribution is -2.38. The minimum Gasteiger partial charge on any atom is -0.356 e. The summed E-state index contributed by atoms with van der Waals surface area (Å²) in [6.07, 6.45) is 7.28. The van der Waals surface area contributed by atoms with Gasteiger partial charge in [0.2, 0.25) is 5.91 Å². The van der Waals surface area contributed by atoms with Crippen molar-refractivity contribution in [1.82, 2.24) is 5.32 Å². The highest BCUT2D eigenvalue weighted by atomic mass is 35.5. The molecule has 2 atom stereocenters. The van der Waals surface area contributed by atoms with Gasteiger partial charge in [-0.05, 0) is 44.1 Å². The van der Waals surface area contributed by atoms with E-state index in [4.69, 9.17) is 5.73 Å². The van der Waals surface area contributed by atoms with E-state index in [0.29, 0.717) is 12.5 Å². The second-order valence-corrected chi connectivity index (χ2v) is 5.08. The van der Waals surface area contributed by atoms with Crippen LogP contribution in [-0.4, -0.2) is 19.0 Å². The first-order valence-electron chi connectivity index (χ1n) is 6.29. The summed E-state index contributed by atoms with van der Waals surface area (Å²) in [7, 11) is 0. The van der Waals surface area contributed by atoms with Gasteiger partial charge in [0.05, 0.1) is 0 Å². The summed E-state index contributed by atoms with van der Waals surface area (Å²) in [5, 5.41) is 3.10. The van der Waals surface area contributed by atoms with Gasteiger partial charge >= 0.3 is 0 Å². The van der Waals surface area contributed by atoms with Crippen LogP contribution in [0.15, 0.2) is 0 Å². The van der Waals surface area contributed by atoms with E-state index in [-0.39, 0.29) is 24.2 Å². The van der Waals surface area contributed by atoms with E-state index in [1.54, 1.807) is 0 Å². The van der Waals surface area contributed by atoms with Gasteiger partial charge in [-0.2, -0.15) is 0 Å². The van der Waals surface area contributed by atoms with Crippen molar-refractivity contribution < 1.29 is 4.79 Å². The fourth-order valence-corrected chi connectivity index (χ4v) is 2.74. The molecule has 3 N–H and O–H groups in total. The van der Waals surface area contributed by atoms with Crippen LogP contribution in [-0.2, 0) is 4.79 Å². The first-order chi connectivity index (χ1) is 7.31. The van der Waals surface area contributed by atoms with Crippen LogP contribution in [0.3, 0.4) is 0 Å². The topological polar surface area (TPSA) is 55.1 Å². The second-order valence-electron chi connectivity index (χ2n) is 5.08. The van der Waals surface area contributed by atoms with Crippen LogP contribution in [0.4, 0.5) is 0 Å². The van der Waals surface area contributed by atoms with Crippen molar-refractivity contribution in [2.45, 2.75) is 38.5 Å². The molecule has 0 unspecified atom stereocenters. The Morgan fingerprint density at radius 3 is 2.44 bits per heavy atom. The van der Waals surface area contributed by atoms with Gasteiger partial charge in [0, 0.05) is 12.5 Å². The summed E-state index contributed by atoms with van der Waals surface area (Å²) < 4.78 is 0. The fraction of sp³-hybridized carbons (Fsp3) is 0.917. The van der Waals surface area contributed by atoms with Crippen molar-refractivity contribution in [3.8, 4) is 0 Å². The van der Waals surface area contributed by atoms with Gasteiger partial charge in [-0.15, -0.1) is 12.4 Å². The Labute approximate surface area is 104 Å². The van der Waals surface area contributed by atoms with Crippen molar-refractivity contribution in [2.75, 3.05) is 13.1 Å². The highest BCUT2D eigenvalue weighted by Crippen LogP contribution is 2.31. The summed E-state index contributed by atoms with van der Waals surface area (Å²) in [6.45, 7) is 1.56. The molecule has 0 aromatic rings. The molecule has 3 nitrogen and oxygen atoms in total. The maximum atomic E-state index is 11.9. The number of carbonyl (C=O) groups excluding carboxylic acids is 1. The number of nitrogens with one attached hydrogen (secondary N) is 1. The van der Waals surface area contributed by atoms with Gasteiger partial charge in [0.1, 0.15) is 0 Å². The van der Waals surface area contributed by atoms with Crippen LogP contribution in [0.2, 0.25) is 0 Å². The van der Waals surface area contributed by atoms with Gasteiger partial charge in [0.15, 0.2) is 0 Å². The number of halogens is 1. The molecule has 2 saturated carbocycles. The molecule has 2 aliphatic carbocycles. The molecule has 0 saturated heterocycles. The Morgan fingerprint density at radius 1 is 1.19 bits per heavy atom. The standard InChI is InChI=1S/C12H22N2O.ClH/c13-7-10-5-2-6-11(10)12(15)14-8-9-3-1-4-9;/h9-11H,1-8,13H2,(H,14,15);1H/t10-,11-;/m1./s1. The number of nitrogens with two attached hydrogens (primary N) is 1. The third kappa shape index (κ3) is 3.11. The molecule has 0 aliphatic heterocycles. The first-order valence-corrected chi connectivity index (χ1v) is 6.29. The van der Waals surface area contributed by atoms with E-state index in [1.807, 2.05) is 0 Å². The fourth-order valence-electron chi connectivity index (χ4n) is 2.74. The molecule has 2 rings (SSSR count). The van der Waals surface area contributed by atoms with Crippen molar-refractivity contribution in [3.05, 3.63) is 0 Å². The lowest BCUT2D eigenvalue weighted by molar-refractivity contribution is -0.126. The third-order valence-corrected chi connectivity index (χ3v) is 4.09. The number of hydrogen-bond acceptors (Lipinski definition) is 2. The van der Waals surface area contributed by atoms with Crippen LogP contribution in [0.5, 0.6) is 0 Å². The molecule has 0 aromatic carbocycles. The number of hydrogen-bond donors (Lipinski definition) is 2.